The predicted molar refractivity (Wildman–Crippen MR) is 72.6 cm³/mol. The molecule has 0 bridgehead atoms. The molecule has 1 aromatic carbocycles. The predicted octanol–water partition coefficient (Wildman–Crippen LogP) is 2.19. The Balaban J connectivity index is 1.98. The van der Waals surface area contributed by atoms with Gasteiger partial charge >= 0.3 is 5.97 Å². The first-order valence-electron chi connectivity index (χ1n) is 6.38. The minimum Gasteiger partial charge on any atom is -0.462 e. The molecule has 4 nitrogen and oxygen atoms in total. The Morgan fingerprint density at radius 1 is 1.37 bits per heavy atom. The van der Waals surface area contributed by atoms with Gasteiger partial charge in [-0.15, -0.1) is 0 Å². The van der Waals surface area contributed by atoms with Crippen molar-refractivity contribution in [1.29, 1.82) is 0 Å². The lowest BCUT2D eigenvalue weighted by molar-refractivity contribution is 0.0371. The second-order valence-corrected chi connectivity index (χ2v) is 7.31. The average molecular weight is 282 g/mol. The molecule has 1 aliphatic rings. The smallest absolute Gasteiger partial charge is 0.338 e. The topological polar surface area (TPSA) is 60.4 Å². The average Bonchev–Trinajstić information content (AvgIpc) is 2.24. The molecular weight excluding hydrogens is 264 g/mol. The first kappa shape index (κ1) is 14.1. The molecule has 0 heterocycles. The summed E-state index contributed by atoms with van der Waals surface area (Å²) in [5, 5.41) is 0. The normalized spacial score (nSPS) is 15.8. The molecule has 0 atom stereocenters. The molecule has 1 saturated carbocycles. The Morgan fingerprint density at radius 2 is 2.11 bits per heavy atom. The van der Waals surface area contributed by atoms with E-state index in [9.17, 15) is 13.2 Å². The summed E-state index contributed by atoms with van der Waals surface area (Å²) < 4.78 is 27.7. The van der Waals surface area contributed by atoms with Crippen LogP contribution < -0.4 is 0 Å². The van der Waals surface area contributed by atoms with Gasteiger partial charge in [-0.2, -0.15) is 0 Å². The number of rotatable bonds is 5. The standard InChI is InChI=1S/C14H18O4S/c1-19(16,17)10-12-6-3-7-13(8-12)14(15)18-9-11-4-2-5-11/h3,6-8,11H,2,4-5,9-10H2,1H3. The van der Waals surface area contributed by atoms with E-state index in [0.717, 1.165) is 12.8 Å². The van der Waals surface area contributed by atoms with Crippen molar-refractivity contribution < 1.29 is 17.9 Å². The van der Waals surface area contributed by atoms with Gasteiger partial charge in [-0.3, -0.25) is 0 Å². The fourth-order valence-corrected chi connectivity index (χ4v) is 2.81. The maximum Gasteiger partial charge on any atom is 0.338 e. The van der Waals surface area contributed by atoms with Crippen LogP contribution in [0, 0.1) is 5.92 Å². The molecular formula is C14H18O4S. The van der Waals surface area contributed by atoms with E-state index in [0.29, 0.717) is 23.7 Å². The van der Waals surface area contributed by atoms with Crippen LogP contribution in [0.2, 0.25) is 0 Å². The molecule has 5 heteroatoms. The van der Waals surface area contributed by atoms with Gasteiger partial charge in [-0.1, -0.05) is 18.6 Å². The van der Waals surface area contributed by atoms with Crippen LogP contribution in [0.5, 0.6) is 0 Å². The number of hydrogen-bond donors (Lipinski definition) is 0. The molecule has 1 aliphatic carbocycles. The maximum atomic E-state index is 11.8. The van der Waals surface area contributed by atoms with Crippen LogP contribution in [-0.2, 0) is 20.3 Å². The van der Waals surface area contributed by atoms with Crippen LogP contribution in [0.3, 0.4) is 0 Å². The number of hydrogen-bond acceptors (Lipinski definition) is 4. The lowest BCUT2D eigenvalue weighted by atomic mass is 9.86. The van der Waals surface area contributed by atoms with Gasteiger partial charge in [0.25, 0.3) is 0 Å². The minimum atomic E-state index is -3.09. The van der Waals surface area contributed by atoms with Crippen molar-refractivity contribution in [2.75, 3.05) is 12.9 Å². The summed E-state index contributed by atoms with van der Waals surface area (Å²) >= 11 is 0. The summed E-state index contributed by atoms with van der Waals surface area (Å²) in [6.07, 6.45) is 4.64. The molecule has 1 fully saturated rings. The molecule has 0 aromatic heterocycles. The molecule has 0 N–H and O–H groups in total. The second kappa shape index (κ2) is 5.74. The van der Waals surface area contributed by atoms with Crippen molar-refractivity contribution in [3.05, 3.63) is 35.4 Å². The zero-order valence-corrected chi connectivity index (χ0v) is 11.8. The number of carbonyl (C=O) groups is 1. The summed E-state index contributed by atoms with van der Waals surface area (Å²) in [6, 6.07) is 6.61. The Kier molecular flexibility index (Phi) is 4.24. The van der Waals surface area contributed by atoms with E-state index in [1.54, 1.807) is 24.3 Å². The van der Waals surface area contributed by atoms with Crippen LogP contribution in [0.25, 0.3) is 0 Å². The number of carbonyl (C=O) groups excluding carboxylic acids is 1. The van der Waals surface area contributed by atoms with Gasteiger partial charge in [0.15, 0.2) is 9.84 Å². The molecule has 0 saturated heterocycles. The van der Waals surface area contributed by atoms with Crippen molar-refractivity contribution in [2.45, 2.75) is 25.0 Å². The molecule has 0 radical (unpaired) electrons. The number of benzene rings is 1. The quantitative estimate of drug-likeness (QED) is 0.777. The Labute approximate surface area is 113 Å². The van der Waals surface area contributed by atoms with E-state index < -0.39 is 9.84 Å². The number of sulfone groups is 1. The third kappa shape index (κ3) is 4.35. The highest BCUT2D eigenvalue weighted by atomic mass is 32.2. The van der Waals surface area contributed by atoms with Gasteiger partial charge in [0.05, 0.1) is 17.9 Å². The fraction of sp³-hybridized carbons (Fsp3) is 0.500. The van der Waals surface area contributed by atoms with Crippen molar-refractivity contribution in [3.8, 4) is 0 Å². The molecule has 0 aliphatic heterocycles. The summed E-state index contributed by atoms with van der Waals surface area (Å²) in [6.45, 7) is 0.467. The number of ether oxygens (including phenoxy) is 1. The third-order valence-corrected chi connectivity index (χ3v) is 4.12. The Hall–Kier alpha value is -1.36. The van der Waals surface area contributed by atoms with E-state index in [-0.39, 0.29) is 11.7 Å². The summed E-state index contributed by atoms with van der Waals surface area (Å²) in [5.41, 5.74) is 1.03. The van der Waals surface area contributed by atoms with Crippen molar-refractivity contribution in [3.63, 3.8) is 0 Å². The molecule has 19 heavy (non-hydrogen) atoms. The number of esters is 1. The largest absolute Gasteiger partial charge is 0.462 e. The van der Waals surface area contributed by atoms with E-state index >= 15 is 0 Å². The first-order valence-corrected chi connectivity index (χ1v) is 8.44. The van der Waals surface area contributed by atoms with E-state index in [1.165, 1.54) is 12.7 Å². The van der Waals surface area contributed by atoms with Crippen molar-refractivity contribution >= 4 is 15.8 Å². The van der Waals surface area contributed by atoms with Crippen LogP contribution in [0.15, 0.2) is 24.3 Å². The fourth-order valence-electron chi connectivity index (χ4n) is 2.03. The van der Waals surface area contributed by atoms with Gasteiger partial charge in [-0.25, -0.2) is 13.2 Å². The van der Waals surface area contributed by atoms with Crippen molar-refractivity contribution in [2.24, 2.45) is 5.92 Å². The highest BCUT2D eigenvalue weighted by Crippen LogP contribution is 2.26. The lowest BCUT2D eigenvalue weighted by Crippen LogP contribution is -2.20. The van der Waals surface area contributed by atoms with Crippen LogP contribution in [0.4, 0.5) is 0 Å². The highest BCUT2D eigenvalue weighted by molar-refractivity contribution is 7.89. The highest BCUT2D eigenvalue weighted by Gasteiger charge is 2.19. The van der Waals surface area contributed by atoms with Gasteiger partial charge in [0.1, 0.15) is 0 Å². The summed E-state index contributed by atoms with van der Waals surface area (Å²) in [7, 11) is -3.09. The second-order valence-electron chi connectivity index (χ2n) is 5.17. The van der Waals surface area contributed by atoms with E-state index in [4.69, 9.17) is 4.74 Å². The zero-order valence-electron chi connectivity index (χ0n) is 11.0. The third-order valence-electron chi connectivity index (χ3n) is 3.27. The Bertz CT molecular complexity index is 559. The SMILES string of the molecule is CS(=O)(=O)Cc1cccc(C(=O)OCC2CCC2)c1. The molecule has 0 amide bonds. The van der Waals surface area contributed by atoms with Gasteiger partial charge in [-0.05, 0) is 36.5 Å². The first-order chi connectivity index (χ1) is 8.94. The molecule has 1 aromatic rings. The summed E-state index contributed by atoms with van der Waals surface area (Å²) in [4.78, 5) is 11.8. The maximum absolute atomic E-state index is 11.8. The van der Waals surface area contributed by atoms with Gasteiger partial charge < -0.3 is 4.74 Å². The van der Waals surface area contributed by atoms with Gasteiger partial charge in [0.2, 0.25) is 0 Å². The van der Waals surface area contributed by atoms with Gasteiger partial charge in [0, 0.05) is 6.26 Å². The molecule has 2 rings (SSSR count). The van der Waals surface area contributed by atoms with Crippen LogP contribution in [-0.4, -0.2) is 27.2 Å². The minimum absolute atomic E-state index is 0.0588. The van der Waals surface area contributed by atoms with E-state index in [1.807, 2.05) is 0 Å². The summed E-state index contributed by atoms with van der Waals surface area (Å²) in [5.74, 6) is 0.0712. The zero-order chi connectivity index (χ0) is 13.9. The molecule has 104 valence electrons. The monoisotopic (exact) mass is 282 g/mol. The Morgan fingerprint density at radius 3 is 2.68 bits per heavy atom. The van der Waals surface area contributed by atoms with Crippen molar-refractivity contribution in [1.82, 2.24) is 0 Å². The van der Waals surface area contributed by atoms with Crippen LogP contribution in [0.1, 0.15) is 35.2 Å². The van der Waals surface area contributed by atoms with E-state index in [2.05, 4.69) is 0 Å². The molecule has 0 unspecified atom stereocenters. The van der Waals surface area contributed by atoms with Crippen LogP contribution >= 0.6 is 0 Å². The molecule has 0 spiro atoms. The lowest BCUT2D eigenvalue weighted by Gasteiger charge is -2.24.